The first kappa shape index (κ1) is 16.0. The van der Waals surface area contributed by atoms with Gasteiger partial charge in [-0.2, -0.15) is 0 Å². The molecule has 4 fully saturated rings. The van der Waals surface area contributed by atoms with Crippen molar-refractivity contribution >= 4 is 31.2 Å². The van der Waals surface area contributed by atoms with Crippen molar-refractivity contribution in [2.45, 2.75) is 19.8 Å². The van der Waals surface area contributed by atoms with Gasteiger partial charge in [0.2, 0.25) is 23.6 Å². The van der Waals surface area contributed by atoms with Crippen molar-refractivity contribution in [2.75, 3.05) is 0 Å². The molecular weight excluding hydrogens is 331 g/mol. The Bertz CT molecular complexity index is 762. The second kappa shape index (κ2) is 5.18. The highest BCUT2D eigenvalue weighted by atomic mass is 16.2. The van der Waals surface area contributed by atoms with Gasteiger partial charge < -0.3 is 9.62 Å². The smallest absolute Gasteiger partial charge is 0.309 e. The molecule has 3 aliphatic carbocycles. The van der Waals surface area contributed by atoms with Gasteiger partial charge in [-0.25, -0.2) is 0 Å². The summed E-state index contributed by atoms with van der Waals surface area (Å²) in [6.07, 6.45) is 7.48. The van der Waals surface area contributed by atoms with Crippen molar-refractivity contribution in [1.82, 2.24) is 9.62 Å². The van der Waals surface area contributed by atoms with E-state index in [0.29, 0.717) is 0 Å². The van der Waals surface area contributed by atoms with E-state index < -0.39 is 0 Å². The van der Waals surface area contributed by atoms with Crippen LogP contribution in [0.2, 0.25) is 0 Å². The van der Waals surface area contributed by atoms with E-state index in [0.717, 1.165) is 22.5 Å². The van der Waals surface area contributed by atoms with Gasteiger partial charge in [0.1, 0.15) is 0 Å². The highest BCUT2D eigenvalue weighted by molar-refractivity contribution is 6.49. The lowest BCUT2D eigenvalue weighted by Gasteiger charge is -2.23. The fourth-order valence-corrected chi connectivity index (χ4v) is 6.17. The van der Waals surface area contributed by atoms with Crippen LogP contribution in [0.3, 0.4) is 0 Å². The molecule has 2 saturated heterocycles. The second-order valence-corrected chi connectivity index (χ2v) is 8.51. The van der Waals surface area contributed by atoms with Crippen molar-refractivity contribution in [3.63, 3.8) is 0 Å². The lowest BCUT2D eigenvalue weighted by molar-refractivity contribution is -0.137. The number of amides is 4. The Labute approximate surface area is 152 Å². The van der Waals surface area contributed by atoms with Gasteiger partial charge in [-0.15, -0.1) is 6.58 Å². The maximum atomic E-state index is 12.9. The predicted molar refractivity (Wildman–Crippen MR) is 93.0 cm³/mol. The number of allylic oxidation sites excluding steroid dienone is 3. The molecule has 2 bridgehead atoms. The molecule has 0 aromatic carbocycles. The maximum absolute atomic E-state index is 12.9. The average molecular weight is 352 g/mol. The van der Waals surface area contributed by atoms with Crippen LogP contribution in [0.4, 0.5) is 0 Å². The summed E-state index contributed by atoms with van der Waals surface area (Å²) in [5, 5.41) is 0. The topological polar surface area (TPSA) is 74.8 Å². The number of hydrogen-bond acceptors (Lipinski definition) is 4. The Balaban J connectivity index is 1.40. The van der Waals surface area contributed by atoms with Crippen molar-refractivity contribution in [3.05, 3.63) is 24.8 Å². The van der Waals surface area contributed by atoms with Crippen LogP contribution in [0.1, 0.15) is 19.8 Å². The zero-order valence-corrected chi connectivity index (χ0v) is 14.7. The molecule has 8 atom stereocenters. The summed E-state index contributed by atoms with van der Waals surface area (Å²) in [4.78, 5) is 53.7. The summed E-state index contributed by atoms with van der Waals surface area (Å²) in [7, 11) is -0.217. The number of carbonyl (C=O) groups is 4. The van der Waals surface area contributed by atoms with Crippen LogP contribution >= 0.6 is 0 Å². The van der Waals surface area contributed by atoms with Crippen LogP contribution in [-0.2, 0) is 19.2 Å². The molecule has 5 rings (SSSR count). The summed E-state index contributed by atoms with van der Waals surface area (Å²) in [5.74, 6) is -1.93. The largest absolute Gasteiger partial charge is 0.376 e. The number of hydrogen-bond donors (Lipinski definition) is 0. The molecule has 7 heteroatoms. The number of carbonyl (C=O) groups excluding carboxylic acids is 4. The van der Waals surface area contributed by atoms with Crippen molar-refractivity contribution < 1.29 is 19.2 Å². The highest BCUT2D eigenvalue weighted by Crippen LogP contribution is 2.53. The monoisotopic (exact) mass is 352 g/mol. The lowest BCUT2D eigenvalue weighted by Crippen LogP contribution is -2.49. The molecule has 4 amide bonds. The van der Waals surface area contributed by atoms with Crippen molar-refractivity contribution in [2.24, 2.45) is 47.3 Å². The average Bonchev–Trinajstić information content (AvgIpc) is 3.38. The molecule has 5 aliphatic rings. The summed E-state index contributed by atoms with van der Waals surface area (Å²) < 4.78 is 0. The summed E-state index contributed by atoms with van der Waals surface area (Å²) in [6, 6.07) is 0. The van der Waals surface area contributed by atoms with Crippen molar-refractivity contribution in [3.8, 4) is 0 Å². The minimum absolute atomic E-state index is 0.0131. The molecule has 2 heterocycles. The van der Waals surface area contributed by atoms with E-state index in [4.69, 9.17) is 0 Å². The van der Waals surface area contributed by atoms with Gasteiger partial charge >= 0.3 is 7.55 Å². The minimum atomic E-state index is -0.389. The molecule has 0 spiro atoms. The lowest BCUT2D eigenvalue weighted by atomic mass is 9.85. The van der Waals surface area contributed by atoms with Gasteiger partial charge in [-0.3, -0.25) is 19.2 Å². The fourth-order valence-electron chi connectivity index (χ4n) is 6.17. The van der Waals surface area contributed by atoms with Gasteiger partial charge in [-0.05, 0) is 36.5 Å². The summed E-state index contributed by atoms with van der Waals surface area (Å²) >= 11 is 0. The number of imide groups is 2. The van der Waals surface area contributed by atoms with E-state index in [1.54, 1.807) is 6.08 Å². The van der Waals surface area contributed by atoms with Crippen LogP contribution in [0.15, 0.2) is 24.8 Å². The zero-order chi connectivity index (χ0) is 18.3. The minimum Gasteiger partial charge on any atom is -0.309 e. The Morgan fingerprint density at radius 2 is 1.38 bits per heavy atom. The third-order valence-electron chi connectivity index (χ3n) is 7.35. The number of rotatable bonds is 3. The molecule has 0 aromatic heterocycles. The van der Waals surface area contributed by atoms with E-state index in [-0.39, 0.29) is 78.5 Å². The van der Waals surface area contributed by atoms with E-state index in [1.807, 2.05) is 19.1 Å². The van der Waals surface area contributed by atoms with Gasteiger partial charge in [0.15, 0.2) is 0 Å². The van der Waals surface area contributed by atoms with Gasteiger partial charge in [0, 0.05) is 0 Å². The van der Waals surface area contributed by atoms with E-state index in [1.165, 1.54) is 0 Å². The maximum Gasteiger partial charge on any atom is 0.376 e. The van der Waals surface area contributed by atoms with Gasteiger partial charge in [0.25, 0.3) is 0 Å². The highest BCUT2D eigenvalue weighted by Gasteiger charge is 2.62. The fraction of sp³-hybridized carbons (Fsp3) is 0.579. The molecule has 134 valence electrons. The first-order chi connectivity index (χ1) is 12.4. The first-order valence-corrected chi connectivity index (χ1v) is 9.45. The van der Waals surface area contributed by atoms with Crippen LogP contribution in [0.25, 0.3) is 0 Å². The molecule has 2 aliphatic heterocycles. The molecule has 6 nitrogen and oxygen atoms in total. The van der Waals surface area contributed by atoms with Crippen LogP contribution in [0.5, 0.6) is 0 Å². The van der Waals surface area contributed by atoms with E-state index in [2.05, 4.69) is 6.58 Å². The molecule has 26 heavy (non-hydrogen) atoms. The normalized spacial score (nSPS) is 45.7. The number of nitrogens with zero attached hydrogens (tertiary/aromatic N) is 2. The van der Waals surface area contributed by atoms with Crippen LogP contribution in [0, 0.1) is 47.3 Å². The quantitative estimate of drug-likeness (QED) is 0.421. The molecular formula is C19H21BN2O4. The zero-order valence-electron chi connectivity index (χ0n) is 14.7. The standard InChI is InChI=1S/C19H21BN2O4/c1-3-9-6-8(2)12-13(9)17(24)21(16(12)23)20-22-18(25)14-10-4-5-11(7-10)15(14)19(22)26/h3-5,8-15,20H,1,6-7H2,2H3. The molecule has 8 unspecified atom stereocenters. The predicted octanol–water partition coefficient (Wildman–Crippen LogP) is 0.503. The Hall–Kier alpha value is -2.18. The van der Waals surface area contributed by atoms with Gasteiger partial charge in [-0.1, -0.05) is 25.2 Å². The van der Waals surface area contributed by atoms with E-state index >= 15 is 0 Å². The SMILES string of the molecule is C=CC1CC(C)C2C(=O)N(BN3C(=O)C4C5C=CC(C5)C4C3=O)C(=O)C12. The second-order valence-electron chi connectivity index (χ2n) is 8.51. The third-order valence-corrected chi connectivity index (χ3v) is 7.35. The van der Waals surface area contributed by atoms with E-state index in [9.17, 15) is 19.2 Å². The molecule has 0 N–H and O–H groups in total. The van der Waals surface area contributed by atoms with Crippen molar-refractivity contribution in [1.29, 1.82) is 0 Å². The van der Waals surface area contributed by atoms with Crippen LogP contribution in [-0.4, -0.2) is 40.8 Å². The van der Waals surface area contributed by atoms with Crippen LogP contribution < -0.4 is 0 Å². The number of fused-ring (bicyclic) bond motifs is 6. The summed E-state index contributed by atoms with van der Waals surface area (Å²) in [5.41, 5.74) is 0. The van der Waals surface area contributed by atoms with Gasteiger partial charge in [0.05, 0.1) is 23.7 Å². The molecule has 2 saturated carbocycles. The first-order valence-electron chi connectivity index (χ1n) is 9.45. The summed E-state index contributed by atoms with van der Waals surface area (Å²) in [6.45, 7) is 5.79. The third kappa shape index (κ3) is 1.78. The molecule has 0 aromatic rings. The Kier molecular flexibility index (Phi) is 3.19. The Morgan fingerprint density at radius 1 is 0.885 bits per heavy atom. The Morgan fingerprint density at radius 3 is 1.92 bits per heavy atom. The molecule has 0 radical (unpaired) electrons.